The summed E-state index contributed by atoms with van der Waals surface area (Å²) in [5, 5.41) is 6.19. The predicted molar refractivity (Wildman–Crippen MR) is 83.8 cm³/mol. The van der Waals surface area contributed by atoms with Crippen LogP contribution in [-0.4, -0.2) is 24.7 Å². The van der Waals surface area contributed by atoms with E-state index in [0.717, 1.165) is 25.1 Å². The van der Waals surface area contributed by atoms with Gasteiger partial charge >= 0.3 is 0 Å². The van der Waals surface area contributed by atoms with Gasteiger partial charge in [0.15, 0.2) is 0 Å². The number of hydrogen-bond acceptors (Lipinski definition) is 3. The Labute approximate surface area is 120 Å². The van der Waals surface area contributed by atoms with Crippen molar-refractivity contribution >= 4 is 23.4 Å². The highest BCUT2D eigenvalue weighted by molar-refractivity contribution is 7.98. The molecular formula is C15H24N2OS. The van der Waals surface area contributed by atoms with Gasteiger partial charge in [-0.1, -0.05) is 25.8 Å². The van der Waals surface area contributed by atoms with Gasteiger partial charge in [-0.25, -0.2) is 0 Å². The first-order valence-electron chi connectivity index (χ1n) is 6.85. The maximum Gasteiger partial charge on any atom is 0.242 e. The summed E-state index contributed by atoms with van der Waals surface area (Å²) in [6, 6.07) is 7.90. The van der Waals surface area contributed by atoms with Crippen LogP contribution in [0.3, 0.4) is 0 Å². The van der Waals surface area contributed by atoms with Crippen LogP contribution in [0.2, 0.25) is 0 Å². The van der Waals surface area contributed by atoms with Gasteiger partial charge in [-0.2, -0.15) is 0 Å². The van der Waals surface area contributed by atoms with Crippen LogP contribution in [0.15, 0.2) is 29.2 Å². The lowest BCUT2D eigenvalue weighted by Crippen LogP contribution is -2.38. The van der Waals surface area contributed by atoms with Crippen LogP contribution in [0, 0.1) is 0 Å². The molecule has 0 radical (unpaired) electrons. The van der Waals surface area contributed by atoms with Crippen molar-refractivity contribution in [2.45, 2.75) is 44.0 Å². The quantitative estimate of drug-likeness (QED) is 0.565. The summed E-state index contributed by atoms with van der Waals surface area (Å²) in [6.07, 6.45) is 5.43. The van der Waals surface area contributed by atoms with Crippen molar-refractivity contribution in [1.29, 1.82) is 0 Å². The standard InChI is InChI=1S/C15H24N2OS/c1-4-5-6-10-16-15(18)12(2)17-13-8-7-9-14(11-13)19-3/h7-9,11-12,17H,4-6,10H2,1-3H3,(H,16,18). The molecule has 2 N–H and O–H groups in total. The number of unbranched alkanes of at least 4 members (excludes halogenated alkanes) is 2. The third-order valence-electron chi connectivity index (χ3n) is 2.93. The Hall–Kier alpha value is -1.16. The van der Waals surface area contributed by atoms with Gasteiger partial charge in [-0.3, -0.25) is 4.79 Å². The van der Waals surface area contributed by atoms with Crippen molar-refractivity contribution in [2.75, 3.05) is 18.1 Å². The molecule has 1 aromatic rings. The predicted octanol–water partition coefficient (Wildman–Crippen LogP) is 3.52. The second kappa shape index (κ2) is 8.86. The third kappa shape index (κ3) is 6.01. The zero-order chi connectivity index (χ0) is 14.1. The number of benzene rings is 1. The minimum Gasteiger partial charge on any atom is -0.374 e. The zero-order valence-corrected chi connectivity index (χ0v) is 12.8. The molecule has 1 aromatic carbocycles. The number of carbonyl (C=O) groups excluding carboxylic acids is 1. The number of carbonyl (C=O) groups is 1. The molecular weight excluding hydrogens is 256 g/mol. The highest BCUT2D eigenvalue weighted by Gasteiger charge is 2.11. The minimum absolute atomic E-state index is 0.0608. The average Bonchev–Trinajstić information content (AvgIpc) is 2.43. The van der Waals surface area contributed by atoms with Gasteiger partial charge in [0.25, 0.3) is 0 Å². The second-order valence-corrected chi connectivity index (χ2v) is 5.48. The maximum absolute atomic E-state index is 11.9. The monoisotopic (exact) mass is 280 g/mol. The lowest BCUT2D eigenvalue weighted by molar-refractivity contribution is -0.121. The number of nitrogens with one attached hydrogen (secondary N) is 2. The van der Waals surface area contributed by atoms with Crippen LogP contribution >= 0.6 is 11.8 Å². The molecule has 4 heteroatoms. The van der Waals surface area contributed by atoms with Crippen LogP contribution in [0.4, 0.5) is 5.69 Å². The van der Waals surface area contributed by atoms with E-state index >= 15 is 0 Å². The number of rotatable bonds is 8. The topological polar surface area (TPSA) is 41.1 Å². The Morgan fingerprint density at radius 1 is 1.37 bits per heavy atom. The van der Waals surface area contributed by atoms with Crippen LogP contribution in [0.25, 0.3) is 0 Å². The number of thioether (sulfide) groups is 1. The molecule has 0 spiro atoms. The van der Waals surface area contributed by atoms with Crippen molar-refractivity contribution in [1.82, 2.24) is 5.32 Å². The van der Waals surface area contributed by atoms with E-state index in [1.54, 1.807) is 11.8 Å². The third-order valence-corrected chi connectivity index (χ3v) is 3.65. The Morgan fingerprint density at radius 3 is 2.84 bits per heavy atom. The van der Waals surface area contributed by atoms with Gasteiger partial charge in [0.1, 0.15) is 6.04 Å². The SMILES string of the molecule is CCCCCNC(=O)C(C)Nc1cccc(SC)c1. The van der Waals surface area contributed by atoms with E-state index in [2.05, 4.69) is 29.7 Å². The van der Waals surface area contributed by atoms with Crippen molar-refractivity contribution in [2.24, 2.45) is 0 Å². The van der Waals surface area contributed by atoms with Gasteiger partial charge in [0, 0.05) is 17.1 Å². The molecule has 0 saturated heterocycles. The summed E-state index contributed by atoms with van der Waals surface area (Å²) < 4.78 is 0. The van der Waals surface area contributed by atoms with Gasteiger partial charge in [0.2, 0.25) is 5.91 Å². The Balaban J connectivity index is 2.40. The van der Waals surface area contributed by atoms with Crippen LogP contribution < -0.4 is 10.6 Å². The van der Waals surface area contributed by atoms with E-state index in [9.17, 15) is 4.79 Å². The fraction of sp³-hybridized carbons (Fsp3) is 0.533. The number of hydrogen-bond donors (Lipinski definition) is 2. The molecule has 0 aliphatic rings. The molecule has 1 rings (SSSR count). The highest BCUT2D eigenvalue weighted by atomic mass is 32.2. The molecule has 0 fully saturated rings. The molecule has 1 atom stereocenters. The number of anilines is 1. The normalized spacial score (nSPS) is 11.9. The summed E-state index contributed by atoms with van der Waals surface area (Å²) >= 11 is 1.70. The smallest absolute Gasteiger partial charge is 0.242 e. The van der Waals surface area contributed by atoms with Crippen molar-refractivity contribution in [3.8, 4) is 0 Å². The Bertz CT molecular complexity index is 395. The Kier molecular flexibility index (Phi) is 7.41. The van der Waals surface area contributed by atoms with Gasteiger partial charge in [0.05, 0.1) is 0 Å². The van der Waals surface area contributed by atoms with Crippen molar-refractivity contribution < 1.29 is 4.79 Å². The van der Waals surface area contributed by atoms with Crippen LogP contribution in [-0.2, 0) is 4.79 Å². The first-order chi connectivity index (χ1) is 9.17. The summed E-state index contributed by atoms with van der Waals surface area (Å²) in [5.41, 5.74) is 0.989. The van der Waals surface area contributed by atoms with Crippen molar-refractivity contribution in [3.63, 3.8) is 0 Å². The molecule has 3 nitrogen and oxygen atoms in total. The average molecular weight is 280 g/mol. The largest absolute Gasteiger partial charge is 0.374 e. The van der Waals surface area contributed by atoms with Gasteiger partial charge < -0.3 is 10.6 Å². The number of amides is 1. The molecule has 19 heavy (non-hydrogen) atoms. The van der Waals surface area contributed by atoms with E-state index in [1.807, 2.05) is 25.3 Å². The molecule has 106 valence electrons. The maximum atomic E-state index is 11.9. The lowest BCUT2D eigenvalue weighted by Gasteiger charge is -2.15. The molecule has 1 amide bonds. The first-order valence-corrected chi connectivity index (χ1v) is 8.08. The second-order valence-electron chi connectivity index (χ2n) is 4.60. The van der Waals surface area contributed by atoms with E-state index in [0.29, 0.717) is 0 Å². The van der Waals surface area contributed by atoms with Gasteiger partial charge in [-0.05, 0) is 37.8 Å². The molecule has 0 aliphatic carbocycles. The molecule has 1 unspecified atom stereocenters. The molecule has 0 aliphatic heterocycles. The lowest BCUT2D eigenvalue weighted by atomic mass is 10.2. The Morgan fingerprint density at radius 2 is 2.16 bits per heavy atom. The fourth-order valence-electron chi connectivity index (χ4n) is 1.77. The first kappa shape index (κ1) is 15.9. The summed E-state index contributed by atoms with van der Waals surface area (Å²) in [5.74, 6) is 0.0608. The molecule has 0 bridgehead atoms. The highest BCUT2D eigenvalue weighted by Crippen LogP contribution is 2.19. The van der Waals surface area contributed by atoms with Crippen molar-refractivity contribution in [3.05, 3.63) is 24.3 Å². The summed E-state index contributed by atoms with van der Waals surface area (Å²) in [4.78, 5) is 13.1. The van der Waals surface area contributed by atoms with E-state index in [1.165, 1.54) is 11.3 Å². The summed E-state index contributed by atoms with van der Waals surface area (Å²) in [6.45, 7) is 4.81. The molecule has 0 saturated carbocycles. The van der Waals surface area contributed by atoms with E-state index < -0.39 is 0 Å². The zero-order valence-electron chi connectivity index (χ0n) is 12.0. The van der Waals surface area contributed by atoms with Gasteiger partial charge in [-0.15, -0.1) is 11.8 Å². The van der Waals surface area contributed by atoms with Crippen LogP contribution in [0.5, 0.6) is 0 Å². The summed E-state index contributed by atoms with van der Waals surface area (Å²) in [7, 11) is 0. The molecule has 0 heterocycles. The van der Waals surface area contributed by atoms with E-state index in [4.69, 9.17) is 0 Å². The molecule has 0 aromatic heterocycles. The fourth-order valence-corrected chi connectivity index (χ4v) is 2.23. The van der Waals surface area contributed by atoms with Crippen LogP contribution in [0.1, 0.15) is 33.1 Å². The van der Waals surface area contributed by atoms with E-state index in [-0.39, 0.29) is 11.9 Å². The minimum atomic E-state index is -0.210.